The van der Waals surface area contributed by atoms with E-state index in [4.69, 9.17) is 23.2 Å². The van der Waals surface area contributed by atoms with E-state index in [1.807, 2.05) is 36.4 Å². The molecule has 1 heterocycles. The number of nitriles is 1. The maximum atomic E-state index is 8.94. The average Bonchev–Trinajstić information content (AvgIpc) is 2.84. The average molecular weight is 254 g/mol. The van der Waals surface area contributed by atoms with Crippen LogP contribution in [0, 0.1) is 11.3 Å². The maximum absolute atomic E-state index is 8.94. The fraction of sp³-hybridized carbons (Fsp3) is 0. The van der Waals surface area contributed by atoms with Crippen molar-refractivity contribution >= 4 is 23.3 Å². The molecule has 88 valence electrons. The van der Waals surface area contributed by atoms with Gasteiger partial charge in [-0.25, -0.2) is 0 Å². The Bertz CT molecular complexity index is 635. The van der Waals surface area contributed by atoms with Gasteiger partial charge >= 0.3 is 0 Å². The molecule has 0 spiro atoms. The number of nitrogens with two attached hydrogens (primary N) is 1. The zero-order valence-electron chi connectivity index (χ0n) is 9.42. The van der Waals surface area contributed by atoms with Crippen LogP contribution in [0.1, 0.15) is 5.56 Å². The van der Waals surface area contributed by atoms with Crippen molar-refractivity contribution < 1.29 is 0 Å². The minimum Gasteiger partial charge on any atom is -0.389 e. The molecule has 0 aliphatic carbocycles. The van der Waals surface area contributed by atoms with Gasteiger partial charge < -0.3 is 5.73 Å². The molecule has 0 fully saturated rings. The van der Waals surface area contributed by atoms with E-state index in [0.29, 0.717) is 0 Å². The van der Waals surface area contributed by atoms with Gasteiger partial charge in [0, 0.05) is 11.1 Å². The molecular weight excluding hydrogens is 244 g/mol. The number of hydrogen-bond donors (Lipinski definition) is 2. The summed E-state index contributed by atoms with van der Waals surface area (Å²) in [5.41, 5.74) is 8.33. The van der Waals surface area contributed by atoms with Crippen molar-refractivity contribution in [3.05, 3.63) is 47.7 Å². The SMILES string of the molecule is N#C/C(=C\c1cn[nH]c1-c1ccccc1)C(N)=S. The molecule has 1 aromatic carbocycles. The number of nitrogens with one attached hydrogen (secondary N) is 1. The molecule has 0 saturated carbocycles. The number of thiocarbonyl (C=S) groups is 1. The highest BCUT2D eigenvalue weighted by Crippen LogP contribution is 2.22. The van der Waals surface area contributed by atoms with E-state index in [1.54, 1.807) is 12.3 Å². The van der Waals surface area contributed by atoms with Crippen LogP contribution in [0.4, 0.5) is 0 Å². The van der Waals surface area contributed by atoms with Crippen molar-refractivity contribution in [3.8, 4) is 17.3 Å². The first-order valence-electron chi connectivity index (χ1n) is 5.22. The lowest BCUT2D eigenvalue weighted by Crippen LogP contribution is -2.09. The number of aromatic amines is 1. The van der Waals surface area contributed by atoms with Gasteiger partial charge in [-0.05, 0) is 6.08 Å². The Kier molecular flexibility index (Phi) is 3.51. The number of aromatic nitrogens is 2. The second-order valence-corrected chi connectivity index (χ2v) is 4.04. The summed E-state index contributed by atoms with van der Waals surface area (Å²) in [6.07, 6.45) is 3.27. The summed E-state index contributed by atoms with van der Waals surface area (Å²) < 4.78 is 0. The van der Waals surface area contributed by atoms with Crippen molar-refractivity contribution in [1.82, 2.24) is 10.2 Å². The van der Waals surface area contributed by atoms with Gasteiger partial charge in [0.25, 0.3) is 0 Å². The Morgan fingerprint density at radius 1 is 1.39 bits per heavy atom. The summed E-state index contributed by atoms with van der Waals surface area (Å²) >= 11 is 4.81. The summed E-state index contributed by atoms with van der Waals surface area (Å²) in [5, 5.41) is 15.8. The molecule has 5 heteroatoms. The largest absolute Gasteiger partial charge is 0.389 e. The van der Waals surface area contributed by atoms with Crippen LogP contribution in [-0.4, -0.2) is 15.2 Å². The van der Waals surface area contributed by atoms with Crippen LogP contribution >= 0.6 is 12.2 Å². The number of rotatable bonds is 3. The van der Waals surface area contributed by atoms with Crippen molar-refractivity contribution in [2.24, 2.45) is 5.73 Å². The van der Waals surface area contributed by atoms with E-state index in [-0.39, 0.29) is 10.6 Å². The van der Waals surface area contributed by atoms with E-state index in [1.165, 1.54) is 0 Å². The first-order valence-corrected chi connectivity index (χ1v) is 5.63. The standard InChI is InChI=1S/C13H10N4S/c14-7-10(13(15)18)6-11-8-16-17-12(11)9-4-2-1-3-5-9/h1-6,8H,(H2,15,18)(H,16,17)/b10-6+. The number of benzene rings is 1. The van der Waals surface area contributed by atoms with Crippen molar-refractivity contribution in [2.75, 3.05) is 0 Å². The Morgan fingerprint density at radius 3 is 2.72 bits per heavy atom. The molecule has 18 heavy (non-hydrogen) atoms. The van der Waals surface area contributed by atoms with Crippen LogP contribution in [-0.2, 0) is 0 Å². The highest BCUT2D eigenvalue weighted by atomic mass is 32.1. The molecule has 3 N–H and O–H groups in total. The van der Waals surface area contributed by atoms with Crippen LogP contribution in [0.3, 0.4) is 0 Å². The van der Waals surface area contributed by atoms with Crippen LogP contribution in [0.15, 0.2) is 42.1 Å². The highest BCUT2D eigenvalue weighted by Gasteiger charge is 2.07. The lowest BCUT2D eigenvalue weighted by molar-refractivity contribution is 1.10. The molecule has 1 aromatic heterocycles. The Hall–Kier alpha value is -2.45. The fourth-order valence-electron chi connectivity index (χ4n) is 1.55. The second kappa shape index (κ2) is 5.25. The minimum atomic E-state index is 0.0812. The quantitative estimate of drug-likeness (QED) is 0.500. The van der Waals surface area contributed by atoms with Gasteiger partial charge in [0.2, 0.25) is 0 Å². The maximum Gasteiger partial charge on any atom is 0.114 e. The molecule has 0 atom stereocenters. The van der Waals surface area contributed by atoms with E-state index in [9.17, 15) is 0 Å². The summed E-state index contributed by atoms with van der Waals surface area (Å²) in [7, 11) is 0. The lowest BCUT2D eigenvalue weighted by atomic mass is 10.1. The van der Waals surface area contributed by atoms with Crippen molar-refractivity contribution in [1.29, 1.82) is 5.26 Å². The smallest absolute Gasteiger partial charge is 0.114 e. The molecule has 0 amide bonds. The summed E-state index contributed by atoms with van der Waals surface area (Å²) in [4.78, 5) is 0.0812. The predicted octanol–water partition coefficient (Wildman–Crippen LogP) is 2.27. The van der Waals surface area contributed by atoms with Gasteiger partial charge in [0.1, 0.15) is 11.1 Å². The van der Waals surface area contributed by atoms with E-state index in [2.05, 4.69) is 10.2 Å². The van der Waals surface area contributed by atoms with Crippen molar-refractivity contribution in [3.63, 3.8) is 0 Å². The molecule has 0 bridgehead atoms. The first kappa shape index (κ1) is 12.0. The van der Waals surface area contributed by atoms with Crippen LogP contribution in [0.5, 0.6) is 0 Å². The van der Waals surface area contributed by atoms with Gasteiger partial charge in [0.15, 0.2) is 0 Å². The third kappa shape index (κ3) is 2.44. The monoisotopic (exact) mass is 254 g/mol. The number of nitrogens with zero attached hydrogens (tertiary/aromatic N) is 2. The fourth-order valence-corrected chi connectivity index (χ4v) is 1.66. The topological polar surface area (TPSA) is 78.5 Å². The minimum absolute atomic E-state index is 0.0812. The van der Waals surface area contributed by atoms with E-state index < -0.39 is 0 Å². The first-order chi connectivity index (χ1) is 8.72. The van der Waals surface area contributed by atoms with Crippen LogP contribution in [0.25, 0.3) is 17.3 Å². The molecule has 2 rings (SSSR count). The Labute approximate surface area is 110 Å². The molecule has 4 nitrogen and oxygen atoms in total. The molecule has 0 unspecified atom stereocenters. The van der Waals surface area contributed by atoms with Gasteiger partial charge in [-0.15, -0.1) is 0 Å². The molecular formula is C13H10N4S. The third-order valence-electron chi connectivity index (χ3n) is 2.42. The van der Waals surface area contributed by atoms with Gasteiger partial charge in [0.05, 0.1) is 17.5 Å². The summed E-state index contributed by atoms with van der Waals surface area (Å²) in [6.45, 7) is 0. The molecule has 0 radical (unpaired) electrons. The number of hydrogen-bond acceptors (Lipinski definition) is 3. The molecule has 0 saturated heterocycles. The summed E-state index contributed by atoms with van der Waals surface area (Å²) in [6, 6.07) is 11.7. The molecule has 0 aliphatic rings. The zero-order chi connectivity index (χ0) is 13.0. The van der Waals surface area contributed by atoms with Crippen molar-refractivity contribution in [2.45, 2.75) is 0 Å². The van der Waals surface area contributed by atoms with Gasteiger partial charge in [-0.2, -0.15) is 10.4 Å². The molecule has 0 aliphatic heterocycles. The van der Waals surface area contributed by atoms with Gasteiger partial charge in [-0.1, -0.05) is 42.5 Å². The number of H-pyrrole nitrogens is 1. The zero-order valence-corrected chi connectivity index (χ0v) is 10.2. The predicted molar refractivity (Wildman–Crippen MR) is 74.4 cm³/mol. The Balaban J connectivity index is 2.47. The normalized spacial score (nSPS) is 10.9. The summed E-state index contributed by atoms with van der Waals surface area (Å²) in [5.74, 6) is 0. The lowest BCUT2D eigenvalue weighted by Gasteiger charge is -2.00. The van der Waals surface area contributed by atoms with Gasteiger partial charge in [-0.3, -0.25) is 5.10 Å². The third-order valence-corrected chi connectivity index (χ3v) is 2.64. The van der Waals surface area contributed by atoms with E-state index in [0.717, 1.165) is 16.8 Å². The Morgan fingerprint density at radius 2 is 2.11 bits per heavy atom. The van der Waals surface area contributed by atoms with Crippen LogP contribution < -0.4 is 5.73 Å². The molecule has 2 aromatic rings. The van der Waals surface area contributed by atoms with Crippen LogP contribution in [0.2, 0.25) is 0 Å². The highest BCUT2D eigenvalue weighted by molar-refractivity contribution is 7.80. The second-order valence-electron chi connectivity index (χ2n) is 3.60. The van der Waals surface area contributed by atoms with E-state index >= 15 is 0 Å².